The van der Waals surface area contributed by atoms with Crippen molar-refractivity contribution in [3.05, 3.63) is 53.3 Å². The molecule has 6 nitrogen and oxygen atoms in total. The largest absolute Gasteiger partial charge is 0.352 e. The number of aromatic nitrogens is 2. The molecule has 0 bridgehead atoms. The van der Waals surface area contributed by atoms with Crippen LogP contribution < -0.4 is 5.32 Å². The summed E-state index contributed by atoms with van der Waals surface area (Å²) in [5.74, 6) is 2.49. The van der Waals surface area contributed by atoms with Crippen LogP contribution in [0, 0.1) is 12.3 Å². The van der Waals surface area contributed by atoms with Gasteiger partial charge in [0.25, 0.3) is 5.91 Å². The molecule has 0 saturated heterocycles. The average Bonchev–Trinajstić information content (AvgIpc) is 3.31. The Morgan fingerprint density at radius 3 is 2.72 bits per heavy atom. The minimum atomic E-state index is -0.374. The second-order valence-corrected chi connectivity index (χ2v) is 6.18. The van der Waals surface area contributed by atoms with Gasteiger partial charge in [-0.3, -0.25) is 9.48 Å². The number of aryl methyl sites for hydroxylation is 1. The van der Waals surface area contributed by atoms with E-state index < -0.39 is 0 Å². The first-order valence-corrected chi connectivity index (χ1v) is 8.34. The van der Waals surface area contributed by atoms with Crippen LogP contribution in [0.1, 0.15) is 40.9 Å². The van der Waals surface area contributed by atoms with Crippen molar-refractivity contribution in [2.75, 3.05) is 6.54 Å². The molecule has 1 aromatic heterocycles. The van der Waals surface area contributed by atoms with Gasteiger partial charge in [0.2, 0.25) is 0 Å². The van der Waals surface area contributed by atoms with E-state index in [0.717, 1.165) is 17.7 Å². The highest BCUT2D eigenvalue weighted by Crippen LogP contribution is 2.36. The highest BCUT2D eigenvalue weighted by atomic mass is 16.1. The maximum atomic E-state index is 12.5. The molecule has 2 heterocycles. The summed E-state index contributed by atoms with van der Waals surface area (Å²) >= 11 is 0. The number of hydrogen-bond acceptors (Lipinski definition) is 4. The van der Waals surface area contributed by atoms with Crippen molar-refractivity contribution in [1.29, 1.82) is 0 Å². The summed E-state index contributed by atoms with van der Waals surface area (Å²) in [5, 5.41) is 15.3. The van der Waals surface area contributed by atoms with Crippen LogP contribution in [0.2, 0.25) is 0 Å². The predicted molar refractivity (Wildman–Crippen MR) is 95.1 cm³/mol. The highest BCUT2D eigenvalue weighted by molar-refractivity contribution is 5.95. The van der Waals surface area contributed by atoms with Gasteiger partial charge < -0.3 is 5.32 Å². The van der Waals surface area contributed by atoms with Crippen molar-refractivity contribution in [2.24, 2.45) is 17.3 Å². The zero-order valence-corrected chi connectivity index (χ0v) is 14.3. The Bertz CT molecular complexity index is 810. The van der Waals surface area contributed by atoms with Gasteiger partial charge in [-0.05, 0) is 5.56 Å². The lowest BCUT2D eigenvalue weighted by Crippen LogP contribution is -2.29. The number of amides is 1. The van der Waals surface area contributed by atoms with E-state index in [4.69, 9.17) is 6.42 Å². The van der Waals surface area contributed by atoms with Gasteiger partial charge in [0, 0.05) is 39.3 Å². The maximum absolute atomic E-state index is 12.5. The van der Waals surface area contributed by atoms with Gasteiger partial charge in [-0.1, -0.05) is 30.3 Å². The van der Waals surface area contributed by atoms with E-state index >= 15 is 0 Å². The number of nitrogens with zero attached hydrogens (tertiary/aromatic N) is 4. The number of carbonyl (C=O) groups is 1. The summed E-state index contributed by atoms with van der Waals surface area (Å²) in [6.07, 6.45) is 9.63. The Balaban J connectivity index is 1.58. The van der Waals surface area contributed by atoms with Crippen LogP contribution in [-0.4, -0.2) is 27.9 Å². The van der Waals surface area contributed by atoms with Crippen LogP contribution in [0.3, 0.4) is 0 Å². The summed E-state index contributed by atoms with van der Waals surface area (Å²) < 4.78 is 1.75. The summed E-state index contributed by atoms with van der Waals surface area (Å²) in [6.45, 7) is 0.510. The van der Waals surface area contributed by atoms with Crippen LogP contribution in [0.5, 0.6) is 0 Å². The monoisotopic (exact) mass is 335 g/mol. The normalized spacial score (nSPS) is 14.1. The number of hydrogen-bond donors (Lipinski definition) is 1. The van der Waals surface area contributed by atoms with Gasteiger partial charge in [-0.25, -0.2) is 0 Å². The Kier molecular flexibility index (Phi) is 4.94. The van der Waals surface area contributed by atoms with Crippen LogP contribution in [0.15, 0.2) is 46.8 Å². The quantitative estimate of drug-likeness (QED) is 0.753. The molecule has 0 radical (unpaired) electrons. The second kappa shape index (κ2) is 7.31. The van der Waals surface area contributed by atoms with E-state index in [9.17, 15) is 4.79 Å². The molecule has 0 spiro atoms. The number of terminal acetylenes is 1. The van der Waals surface area contributed by atoms with Gasteiger partial charge in [-0.2, -0.15) is 15.3 Å². The molecule has 0 saturated carbocycles. The van der Waals surface area contributed by atoms with Gasteiger partial charge in [0.15, 0.2) is 5.66 Å². The number of nitrogens with one attached hydrogen (secondary N) is 1. The minimum absolute atomic E-state index is 0.119. The molecule has 1 aliphatic heterocycles. The third kappa shape index (κ3) is 4.13. The fourth-order valence-corrected chi connectivity index (χ4v) is 2.79. The lowest BCUT2D eigenvalue weighted by Gasteiger charge is -2.10. The third-order valence-corrected chi connectivity index (χ3v) is 4.38. The first-order chi connectivity index (χ1) is 12.1. The smallest absolute Gasteiger partial charge is 0.254 e. The lowest BCUT2D eigenvalue weighted by molar-refractivity contribution is 0.0951. The molecule has 128 valence electrons. The summed E-state index contributed by atoms with van der Waals surface area (Å²) in [7, 11) is 1.85. The fourth-order valence-electron chi connectivity index (χ4n) is 2.79. The van der Waals surface area contributed by atoms with Gasteiger partial charge >= 0.3 is 0 Å². The highest BCUT2D eigenvalue weighted by Gasteiger charge is 2.38. The van der Waals surface area contributed by atoms with E-state index in [1.165, 1.54) is 0 Å². The Morgan fingerprint density at radius 1 is 1.28 bits per heavy atom. The molecular formula is C19H21N5O. The van der Waals surface area contributed by atoms with Gasteiger partial charge in [-0.15, -0.1) is 12.3 Å². The minimum Gasteiger partial charge on any atom is -0.352 e. The lowest BCUT2D eigenvalue weighted by atomic mass is 10.0. The molecule has 0 atom stereocenters. The van der Waals surface area contributed by atoms with E-state index in [2.05, 4.69) is 26.6 Å². The summed E-state index contributed by atoms with van der Waals surface area (Å²) in [4.78, 5) is 12.5. The van der Waals surface area contributed by atoms with Gasteiger partial charge in [0.1, 0.15) is 0 Å². The van der Waals surface area contributed by atoms with Crippen LogP contribution in [0.4, 0.5) is 0 Å². The summed E-state index contributed by atoms with van der Waals surface area (Å²) in [5.41, 5.74) is 2.27. The molecule has 1 aromatic carbocycles. The number of carbonyl (C=O) groups excluding carboxylic acids is 1. The van der Waals surface area contributed by atoms with E-state index in [-0.39, 0.29) is 11.6 Å². The number of benzene rings is 1. The van der Waals surface area contributed by atoms with Crippen molar-refractivity contribution in [1.82, 2.24) is 15.1 Å². The molecular weight excluding hydrogens is 314 g/mol. The van der Waals surface area contributed by atoms with Crippen molar-refractivity contribution >= 4 is 5.91 Å². The predicted octanol–water partition coefficient (Wildman–Crippen LogP) is 2.71. The van der Waals surface area contributed by atoms with Crippen molar-refractivity contribution in [2.45, 2.75) is 31.3 Å². The molecule has 0 fully saturated rings. The average molecular weight is 335 g/mol. The summed E-state index contributed by atoms with van der Waals surface area (Å²) in [6, 6.07) is 10.0. The van der Waals surface area contributed by atoms with E-state index in [1.807, 2.05) is 37.4 Å². The molecule has 0 unspecified atom stereocenters. The fraction of sp³-hybridized carbons (Fsp3) is 0.368. The van der Waals surface area contributed by atoms with E-state index in [1.54, 1.807) is 10.9 Å². The molecule has 1 aliphatic rings. The van der Waals surface area contributed by atoms with Crippen LogP contribution in [-0.2, 0) is 13.5 Å². The van der Waals surface area contributed by atoms with Crippen molar-refractivity contribution < 1.29 is 4.79 Å². The molecule has 0 aliphatic carbocycles. The maximum Gasteiger partial charge on any atom is 0.254 e. The standard InChI is InChI=1S/C19H21N5O/c1-3-4-10-19(22-23-19)11-12-20-18(25)16-14-21-24(2)17(16)13-15-8-6-5-7-9-15/h1,5-9,14H,4,10-13H2,2H3,(H,20,25). The van der Waals surface area contributed by atoms with Crippen molar-refractivity contribution in [3.8, 4) is 12.3 Å². The Hall–Kier alpha value is -2.94. The van der Waals surface area contributed by atoms with Crippen molar-refractivity contribution in [3.63, 3.8) is 0 Å². The van der Waals surface area contributed by atoms with E-state index in [0.29, 0.717) is 31.4 Å². The number of rotatable bonds is 8. The Labute approximate surface area is 147 Å². The molecule has 1 amide bonds. The van der Waals surface area contributed by atoms with Gasteiger partial charge in [0.05, 0.1) is 17.5 Å². The first-order valence-electron chi connectivity index (χ1n) is 8.34. The third-order valence-electron chi connectivity index (χ3n) is 4.38. The van der Waals surface area contributed by atoms with Crippen LogP contribution in [0.25, 0.3) is 0 Å². The SMILES string of the molecule is C#CCCC1(CCNC(=O)c2cnn(C)c2Cc2ccccc2)N=N1. The molecule has 6 heteroatoms. The second-order valence-electron chi connectivity index (χ2n) is 6.18. The topological polar surface area (TPSA) is 71.6 Å². The molecule has 2 aromatic rings. The zero-order chi connectivity index (χ0) is 17.7. The molecule has 1 N–H and O–H groups in total. The molecule has 25 heavy (non-hydrogen) atoms. The first kappa shape index (κ1) is 16.9. The van der Waals surface area contributed by atoms with Crippen LogP contribution >= 0.6 is 0 Å². The molecule has 3 rings (SSSR count). The Morgan fingerprint density at radius 2 is 2.04 bits per heavy atom. The zero-order valence-electron chi connectivity index (χ0n) is 14.3.